The van der Waals surface area contributed by atoms with Crippen LogP contribution in [0.5, 0.6) is 0 Å². The lowest BCUT2D eigenvalue weighted by molar-refractivity contribution is 0.0601. The second-order valence-electron chi connectivity index (χ2n) is 7.41. The lowest BCUT2D eigenvalue weighted by Gasteiger charge is -2.10. The number of hydrogen-bond acceptors (Lipinski definition) is 10. The van der Waals surface area contributed by atoms with Crippen molar-refractivity contribution in [2.45, 2.75) is 16.7 Å². The van der Waals surface area contributed by atoms with Crippen LogP contribution < -0.4 is 5.73 Å². The Labute approximate surface area is 212 Å². The number of aromatic nitrogens is 4. The maximum Gasteiger partial charge on any atom is 0.343 e. The third kappa shape index (κ3) is 5.03. The molecule has 37 heavy (non-hydrogen) atoms. The summed E-state index contributed by atoms with van der Waals surface area (Å²) in [6.45, 7) is 1.64. The molecule has 0 saturated carbocycles. The molecule has 2 heterocycles. The Morgan fingerprint density at radius 3 is 2.46 bits per heavy atom. The van der Waals surface area contributed by atoms with E-state index in [2.05, 4.69) is 20.4 Å². The molecule has 0 amide bonds. The van der Waals surface area contributed by atoms with Crippen molar-refractivity contribution in [3.63, 3.8) is 0 Å². The Morgan fingerprint density at radius 2 is 1.84 bits per heavy atom. The number of methoxy groups -OCH3 is 1. The number of para-hydroxylation sites is 1. The van der Waals surface area contributed by atoms with Crippen LogP contribution >= 0.6 is 0 Å². The molecule has 4 N–H and O–H groups in total. The molecule has 0 spiro atoms. The van der Waals surface area contributed by atoms with E-state index in [9.17, 15) is 26.5 Å². The van der Waals surface area contributed by atoms with Crippen LogP contribution in [0, 0.1) is 6.92 Å². The van der Waals surface area contributed by atoms with Crippen LogP contribution in [0.2, 0.25) is 0 Å². The summed E-state index contributed by atoms with van der Waals surface area (Å²) in [4.78, 5) is 11.5. The van der Waals surface area contributed by atoms with E-state index in [4.69, 9.17) is 10.5 Å². The molecular formula is C21H19N7O7S2. The standard InChI is InChI=1S/C21H19N7O7S2/c1-12-18(19(22)27(26-12)13-6-4-3-5-7-13)24-25-20-15(21(29)35-2)11-23-28(20)16-10-14(36(30)31)8-9-17(16)37(32,33)34/h3-11H,22H2,1-2H3,(H,30,31)(H,32,33,34). The van der Waals surface area contributed by atoms with Crippen molar-refractivity contribution in [1.82, 2.24) is 19.6 Å². The summed E-state index contributed by atoms with van der Waals surface area (Å²) < 4.78 is 62.0. The fourth-order valence-corrected chi connectivity index (χ4v) is 4.43. The summed E-state index contributed by atoms with van der Waals surface area (Å²) in [5.74, 6) is -1.04. The largest absolute Gasteiger partial charge is 0.465 e. The van der Waals surface area contributed by atoms with Gasteiger partial charge in [0.1, 0.15) is 10.5 Å². The summed E-state index contributed by atoms with van der Waals surface area (Å²) in [5, 5.41) is 16.6. The maximum absolute atomic E-state index is 12.4. The van der Waals surface area contributed by atoms with Gasteiger partial charge in [-0.15, -0.1) is 10.2 Å². The molecule has 0 radical (unpaired) electrons. The lowest BCUT2D eigenvalue weighted by Crippen LogP contribution is -2.08. The van der Waals surface area contributed by atoms with E-state index in [0.717, 1.165) is 36.2 Å². The molecule has 0 fully saturated rings. The van der Waals surface area contributed by atoms with Crippen LogP contribution in [-0.4, -0.2) is 54.4 Å². The molecule has 16 heteroatoms. The Balaban J connectivity index is 1.92. The molecule has 192 valence electrons. The highest BCUT2D eigenvalue weighted by Gasteiger charge is 2.25. The number of nitrogens with two attached hydrogens (primary N) is 1. The second kappa shape index (κ2) is 10.0. The monoisotopic (exact) mass is 545 g/mol. The number of aryl methyl sites for hydroxylation is 1. The molecule has 0 saturated heterocycles. The van der Waals surface area contributed by atoms with E-state index >= 15 is 0 Å². The SMILES string of the molecule is COC(=O)c1cnn(-c2cc(S(=O)O)ccc2S(=O)(=O)O)c1N=Nc1c(C)nn(-c2ccccc2)c1N. The predicted octanol–water partition coefficient (Wildman–Crippen LogP) is 2.98. The van der Waals surface area contributed by atoms with Gasteiger partial charge in [0, 0.05) is 0 Å². The number of carbonyl (C=O) groups excluding carboxylic acids is 1. The zero-order chi connectivity index (χ0) is 26.9. The van der Waals surface area contributed by atoms with Crippen LogP contribution in [-0.2, 0) is 25.9 Å². The average Bonchev–Trinajstić information content (AvgIpc) is 3.42. The van der Waals surface area contributed by atoms with Crippen molar-refractivity contribution in [1.29, 1.82) is 0 Å². The van der Waals surface area contributed by atoms with Gasteiger partial charge in [0.15, 0.2) is 28.4 Å². The topological polar surface area (TPSA) is 204 Å². The van der Waals surface area contributed by atoms with Gasteiger partial charge >= 0.3 is 5.97 Å². The third-order valence-electron chi connectivity index (χ3n) is 5.10. The third-order valence-corrected chi connectivity index (χ3v) is 6.65. The molecule has 1 unspecified atom stereocenters. The lowest BCUT2D eigenvalue weighted by atomic mass is 10.3. The first-order valence-electron chi connectivity index (χ1n) is 10.2. The smallest absolute Gasteiger partial charge is 0.343 e. The number of azo groups is 1. The highest BCUT2D eigenvalue weighted by molar-refractivity contribution is 7.86. The van der Waals surface area contributed by atoms with Gasteiger partial charge < -0.3 is 15.0 Å². The van der Waals surface area contributed by atoms with Crippen LogP contribution in [0.15, 0.2) is 74.7 Å². The molecule has 4 aromatic rings. The first-order chi connectivity index (χ1) is 17.5. The molecular weight excluding hydrogens is 526 g/mol. The van der Waals surface area contributed by atoms with Crippen LogP contribution in [0.3, 0.4) is 0 Å². The molecule has 0 aliphatic heterocycles. The molecule has 2 aromatic heterocycles. The molecule has 2 aromatic carbocycles. The molecule has 0 aliphatic rings. The molecule has 0 bridgehead atoms. The highest BCUT2D eigenvalue weighted by Crippen LogP contribution is 2.34. The van der Waals surface area contributed by atoms with Crippen molar-refractivity contribution in [3.8, 4) is 11.4 Å². The number of anilines is 1. The van der Waals surface area contributed by atoms with Crippen molar-refractivity contribution in [2.75, 3.05) is 12.8 Å². The van der Waals surface area contributed by atoms with Crippen LogP contribution in [0.25, 0.3) is 11.4 Å². The normalized spacial score (nSPS) is 12.6. The van der Waals surface area contributed by atoms with E-state index in [0.29, 0.717) is 11.4 Å². The van der Waals surface area contributed by atoms with Crippen molar-refractivity contribution < 1.29 is 31.3 Å². The van der Waals surface area contributed by atoms with Crippen LogP contribution in [0.1, 0.15) is 16.1 Å². The number of ether oxygens (including phenoxy) is 1. The zero-order valence-electron chi connectivity index (χ0n) is 19.2. The first kappa shape index (κ1) is 25.8. The Bertz CT molecular complexity index is 1660. The molecule has 4 rings (SSSR count). The van der Waals surface area contributed by atoms with E-state index in [1.165, 1.54) is 4.68 Å². The first-order valence-corrected chi connectivity index (χ1v) is 12.8. The van der Waals surface area contributed by atoms with Gasteiger partial charge in [0.2, 0.25) is 0 Å². The van der Waals surface area contributed by atoms with Gasteiger partial charge in [-0.3, -0.25) is 4.55 Å². The zero-order valence-corrected chi connectivity index (χ0v) is 20.8. The quantitative estimate of drug-likeness (QED) is 0.134. The van der Waals surface area contributed by atoms with Crippen molar-refractivity contribution in [2.24, 2.45) is 10.2 Å². The fourth-order valence-electron chi connectivity index (χ4n) is 3.38. The summed E-state index contributed by atoms with van der Waals surface area (Å²) >= 11 is -2.50. The van der Waals surface area contributed by atoms with E-state index in [-0.39, 0.29) is 33.5 Å². The van der Waals surface area contributed by atoms with Gasteiger partial charge in [-0.05, 0) is 37.3 Å². The van der Waals surface area contributed by atoms with E-state index in [1.54, 1.807) is 31.2 Å². The number of carbonyl (C=O) groups is 1. The van der Waals surface area contributed by atoms with Crippen LogP contribution in [0.4, 0.5) is 17.3 Å². The number of esters is 1. The van der Waals surface area contributed by atoms with Gasteiger partial charge in [0.05, 0.1) is 35.3 Å². The fraction of sp³-hybridized carbons (Fsp3) is 0.0952. The maximum atomic E-state index is 12.4. The van der Waals surface area contributed by atoms with Gasteiger partial charge in [0.25, 0.3) is 10.1 Å². The number of nitrogens with zero attached hydrogens (tertiary/aromatic N) is 6. The van der Waals surface area contributed by atoms with Crippen molar-refractivity contribution in [3.05, 3.63) is 66.0 Å². The van der Waals surface area contributed by atoms with E-state index in [1.807, 2.05) is 6.07 Å². The number of nitrogen functional groups attached to an aromatic ring is 1. The Kier molecular flexibility index (Phi) is 6.99. The minimum Gasteiger partial charge on any atom is -0.465 e. The predicted molar refractivity (Wildman–Crippen MR) is 131 cm³/mol. The number of benzene rings is 2. The number of rotatable bonds is 7. The second-order valence-corrected chi connectivity index (χ2v) is 9.77. The summed E-state index contributed by atoms with van der Waals surface area (Å²) in [6, 6.07) is 11.9. The van der Waals surface area contributed by atoms with E-state index < -0.39 is 32.1 Å². The highest BCUT2D eigenvalue weighted by atomic mass is 32.2. The van der Waals surface area contributed by atoms with Crippen molar-refractivity contribution >= 4 is 44.5 Å². The molecule has 1 atom stereocenters. The summed E-state index contributed by atoms with van der Waals surface area (Å²) in [7, 11) is -3.71. The number of hydrogen-bond donors (Lipinski definition) is 3. The minimum atomic E-state index is -4.83. The summed E-state index contributed by atoms with van der Waals surface area (Å²) in [6.07, 6.45) is 1.04. The summed E-state index contributed by atoms with van der Waals surface area (Å²) in [5.41, 5.74) is 6.88. The molecule has 14 nitrogen and oxygen atoms in total. The Morgan fingerprint density at radius 1 is 1.14 bits per heavy atom. The average molecular weight is 546 g/mol. The van der Waals surface area contributed by atoms with Gasteiger partial charge in [-0.1, -0.05) is 18.2 Å². The van der Waals surface area contributed by atoms with Gasteiger partial charge in [-0.25, -0.2) is 18.4 Å². The van der Waals surface area contributed by atoms with Gasteiger partial charge in [-0.2, -0.15) is 18.6 Å². The minimum absolute atomic E-state index is 0.134. The molecule has 0 aliphatic carbocycles. The Hall–Kier alpha value is -4.25.